The van der Waals surface area contributed by atoms with Crippen LogP contribution in [0.15, 0.2) is 18.2 Å². The van der Waals surface area contributed by atoms with E-state index in [9.17, 15) is 14.3 Å². The smallest absolute Gasteiger partial charge is 0.238 e. The number of phenolic OH excluding ortho intramolecular Hbond substituents is 1. The summed E-state index contributed by atoms with van der Waals surface area (Å²) in [6, 6.07) is 3.82. The number of amides is 1. The van der Waals surface area contributed by atoms with Crippen molar-refractivity contribution >= 4 is 11.6 Å². The summed E-state index contributed by atoms with van der Waals surface area (Å²) in [4.78, 5) is 11.1. The lowest BCUT2D eigenvalue weighted by Gasteiger charge is -2.07. The maximum Gasteiger partial charge on any atom is 0.238 e. The normalized spacial score (nSPS) is 9.86. The van der Waals surface area contributed by atoms with E-state index < -0.39 is 11.7 Å². The first-order valence-electron chi connectivity index (χ1n) is 4.07. The Labute approximate surface area is 80.7 Å². The molecule has 0 saturated carbocycles. The maximum absolute atomic E-state index is 13.1. The van der Waals surface area contributed by atoms with Gasteiger partial charge in [0.1, 0.15) is 11.4 Å². The van der Waals surface area contributed by atoms with Gasteiger partial charge in [0.05, 0.1) is 6.54 Å². The standard InChI is InChI=1S/C9H11FN2O2/c1-11-5-8(14)12-9-6(10)3-2-4-7(9)13/h2-4,11,13H,5H2,1H3,(H,12,14). The number of likely N-dealkylation sites (N-methyl/N-ethyl adjacent to an activating group) is 1. The molecule has 0 aliphatic heterocycles. The monoisotopic (exact) mass is 198 g/mol. The van der Waals surface area contributed by atoms with Crippen LogP contribution in [0.5, 0.6) is 5.75 Å². The number of carbonyl (C=O) groups excluding carboxylic acids is 1. The van der Waals surface area contributed by atoms with Gasteiger partial charge in [-0.15, -0.1) is 0 Å². The molecular formula is C9H11FN2O2. The molecule has 0 aliphatic carbocycles. The van der Waals surface area contributed by atoms with Crippen molar-refractivity contribution in [3.8, 4) is 5.75 Å². The minimum atomic E-state index is -0.658. The third kappa shape index (κ3) is 2.43. The van der Waals surface area contributed by atoms with E-state index in [1.807, 2.05) is 0 Å². The molecule has 0 bridgehead atoms. The highest BCUT2D eigenvalue weighted by atomic mass is 19.1. The summed E-state index contributed by atoms with van der Waals surface area (Å²) < 4.78 is 13.1. The molecule has 76 valence electrons. The molecule has 4 nitrogen and oxygen atoms in total. The summed E-state index contributed by atoms with van der Waals surface area (Å²) in [6.07, 6.45) is 0. The lowest BCUT2D eigenvalue weighted by atomic mass is 10.3. The van der Waals surface area contributed by atoms with Gasteiger partial charge >= 0.3 is 0 Å². The lowest BCUT2D eigenvalue weighted by Crippen LogP contribution is -2.25. The van der Waals surface area contributed by atoms with Crippen molar-refractivity contribution in [3.05, 3.63) is 24.0 Å². The Morgan fingerprint density at radius 2 is 2.29 bits per heavy atom. The van der Waals surface area contributed by atoms with E-state index in [-0.39, 0.29) is 18.0 Å². The van der Waals surface area contributed by atoms with Crippen molar-refractivity contribution in [2.45, 2.75) is 0 Å². The molecule has 0 radical (unpaired) electrons. The van der Waals surface area contributed by atoms with Crippen molar-refractivity contribution < 1.29 is 14.3 Å². The van der Waals surface area contributed by atoms with E-state index in [0.717, 1.165) is 6.07 Å². The summed E-state index contributed by atoms with van der Waals surface area (Å²) in [5.74, 6) is -1.35. The molecule has 1 amide bonds. The molecular weight excluding hydrogens is 187 g/mol. The molecule has 5 heteroatoms. The molecule has 1 aromatic rings. The summed E-state index contributed by atoms with van der Waals surface area (Å²) in [5.41, 5.74) is -0.187. The van der Waals surface area contributed by atoms with Crippen LogP contribution in [0, 0.1) is 5.82 Å². The van der Waals surface area contributed by atoms with Gasteiger partial charge in [0, 0.05) is 0 Å². The van der Waals surface area contributed by atoms with E-state index in [1.54, 1.807) is 7.05 Å². The first-order chi connectivity index (χ1) is 6.65. The van der Waals surface area contributed by atoms with Crippen molar-refractivity contribution in [2.75, 3.05) is 18.9 Å². The number of hydrogen-bond acceptors (Lipinski definition) is 3. The van der Waals surface area contributed by atoms with Crippen molar-refractivity contribution in [1.82, 2.24) is 5.32 Å². The minimum Gasteiger partial charge on any atom is -0.506 e. The summed E-state index contributed by atoms with van der Waals surface area (Å²) in [6.45, 7) is 0.0633. The van der Waals surface area contributed by atoms with Crippen LogP contribution in [0.3, 0.4) is 0 Å². The molecule has 14 heavy (non-hydrogen) atoms. The number of benzene rings is 1. The van der Waals surface area contributed by atoms with Crippen LogP contribution in [0.1, 0.15) is 0 Å². The number of anilines is 1. The Morgan fingerprint density at radius 1 is 1.57 bits per heavy atom. The fourth-order valence-corrected chi connectivity index (χ4v) is 0.981. The van der Waals surface area contributed by atoms with Crippen LogP contribution in [0.2, 0.25) is 0 Å². The predicted molar refractivity (Wildman–Crippen MR) is 50.6 cm³/mol. The largest absolute Gasteiger partial charge is 0.506 e. The number of carbonyl (C=O) groups is 1. The highest BCUT2D eigenvalue weighted by Crippen LogP contribution is 2.25. The Morgan fingerprint density at radius 3 is 2.86 bits per heavy atom. The Balaban J connectivity index is 2.80. The first-order valence-corrected chi connectivity index (χ1v) is 4.07. The topological polar surface area (TPSA) is 61.4 Å². The van der Waals surface area contributed by atoms with E-state index >= 15 is 0 Å². The van der Waals surface area contributed by atoms with Crippen LogP contribution < -0.4 is 10.6 Å². The zero-order valence-electron chi connectivity index (χ0n) is 7.67. The van der Waals surface area contributed by atoms with Crippen molar-refractivity contribution in [2.24, 2.45) is 0 Å². The number of nitrogens with one attached hydrogen (secondary N) is 2. The molecule has 0 aliphatic rings. The zero-order chi connectivity index (χ0) is 10.6. The van der Waals surface area contributed by atoms with Crippen LogP contribution in [0.25, 0.3) is 0 Å². The van der Waals surface area contributed by atoms with Gasteiger partial charge in [0.2, 0.25) is 5.91 Å². The third-order valence-electron chi connectivity index (χ3n) is 1.59. The highest BCUT2D eigenvalue weighted by molar-refractivity contribution is 5.93. The number of rotatable bonds is 3. The molecule has 0 atom stereocenters. The molecule has 0 spiro atoms. The van der Waals surface area contributed by atoms with Crippen molar-refractivity contribution in [3.63, 3.8) is 0 Å². The highest BCUT2D eigenvalue weighted by Gasteiger charge is 2.09. The van der Waals surface area contributed by atoms with Crippen LogP contribution in [-0.2, 0) is 4.79 Å². The summed E-state index contributed by atoms with van der Waals surface area (Å²) in [5, 5.41) is 14.1. The number of aromatic hydroxyl groups is 1. The van der Waals surface area contributed by atoms with E-state index in [0.29, 0.717) is 0 Å². The second kappa shape index (κ2) is 4.57. The molecule has 3 N–H and O–H groups in total. The van der Waals surface area contributed by atoms with Gasteiger partial charge in [0.15, 0.2) is 5.82 Å². The molecule has 0 heterocycles. The third-order valence-corrected chi connectivity index (χ3v) is 1.59. The summed E-state index contributed by atoms with van der Waals surface area (Å²) >= 11 is 0. The average molecular weight is 198 g/mol. The van der Waals surface area contributed by atoms with Gasteiger partial charge in [-0.1, -0.05) is 6.07 Å². The van der Waals surface area contributed by atoms with Crippen LogP contribution >= 0.6 is 0 Å². The molecule has 1 rings (SSSR count). The fourth-order valence-electron chi connectivity index (χ4n) is 0.981. The average Bonchev–Trinajstić information content (AvgIpc) is 2.12. The summed E-state index contributed by atoms with van der Waals surface area (Å²) in [7, 11) is 1.60. The Hall–Kier alpha value is -1.62. The lowest BCUT2D eigenvalue weighted by molar-refractivity contribution is -0.115. The molecule has 0 saturated heterocycles. The quantitative estimate of drug-likeness (QED) is 0.626. The molecule has 1 aromatic carbocycles. The first kappa shape index (κ1) is 10.5. The van der Waals surface area contributed by atoms with Gasteiger partial charge in [-0.05, 0) is 19.2 Å². The number of hydrogen-bond donors (Lipinski definition) is 3. The van der Waals surface area contributed by atoms with Gasteiger partial charge in [-0.25, -0.2) is 4.39 Å². The number of phenols is 1. The number of halogens is 1. The second-order valence-corrected chi connectivity index (χ2v) is 2.71. The van der Waals surface area contributed by atoms with Crippen LogP contribution in [0.4, 0.5) is 10.1 Å². The SMILES string of the molecule is CNCC(=O)Nc1c(O)cccc1F. The van der Waals surface area contributed by atoms with E-state index in [2.05, 4.69) is 10.6 Å². The van der Waals surface area contributed by atoms with Gasteiger partial charge < -0.3 is 15.7 Å². The van der Waals surface area contributed by atoms with Gasteiger partial charge in [-0.3, -0.25) is 4.79 Å². The molecule has 0 aromatic heterocycles. The minimum absolute atomic E-state index is 0.0633. The number of para-hydroxylation sites is 1. The van der Waals surface area contributed by atoms with Crippen molar-refractivity contribution in [1.29, 1.82) is 0 Å². The zero-order valence-corrected chi connectivity index (χ0v) is 7.67. The Kier molecular flexibility index (Phi) is 3.41. The molecule has 0 unspecified atom stereocenters. The van der Waals surface area contributed by atoms with E-state index in [1.165, 1.54) is 12.1 Å². The fraction of sp³-hybridized carbons (Fsp3) is 0.222. The van der Waals surface area contributed by atoms with Crippen LogP contribution in [-0.4, -0.2) is 24.6 Å². The maximum atomic E-state index is 13.1. The van der Waals surface area contributed by atoms with Gasteiger partial charge in [0.25, 0.3) is 0 Å². The molecule has 0 fully saturated rings. The second-order valence-electron chi connectivity index (χ2n) is 2.71. The Bertz CT molecular complexity index is 321. The van der Waals surface area contributed by atoms with E-state index in [4.69, 9.17) is 0 Å². The van der Waals surface area contributed by atoms with Gasteiger partial charge in [-0.2, -0.15) is 0 Å². The predicted octanol–water partition coefficient (Wildman–Crippen LogP) is 0.689.